The Balaban J connectivity index is 0.944. The second kappa shape index (κ2) is 24.8. The van der Waals surface area contributed by atoms with Gasteiger partial charge >= 0.3 is 0 Å². The fourth-order valence-electron chi connectivity index (χ4n) is 17.7. The van der Waals surface area contributed by atoms with E-state index in [-0.39, 0.29) is 71.0 Å². The topological polar surface area (TPSA) is 34.4 Å². The average Bonchev–Trinajstić information content (AvgIpc) is 1.44. The molecule has 6 heterocycles. The SMILES string of the molecule is [2H]c1c([2H])c([2H])c2c(c1[2H])c1c([2H])c([2H])c([2H])c([2H])c1n2-c1ccc2c(c1)N(c1cc(-c3ccccc3)cc(-c3ccccc3)c1)c1cc(-c3cc(C(C)(C)C)cc(C(C)(C)C)c3)cc3c1B2c1ccc(-n2c4c([2H])c([2H])c([2H])c([2H])c4c4c([2H])c([2H])c([2H])c([2H])c42)cc1N3c1cccc2c1oc1c(-n3c4ccc(C(C)(C)C)cc4c4cc(C(C)(C)C)ccc43)cccc12. The van der Waals surface area contributed by atoms with Crippen molar-refractivity contribution in [1.82, 2.24) is 13.7 Å². The van der Waals surface area contributed by atoms with Crippen molar-refractivity contribution >= 4 is 145 Å². The molecule has 6 nitrogen and oxygen atoms in total. The molecule has 7 heteroatoms. The minimum Gasteiger partial charge on any atom is -0.452 e. The molecule has 0 aliphatic carbocycles. The summed E-state index contributed by atoms with van der Waals surface area (Å²) >= 11 is 0. The third kappa shape index (κ3) is 10.7. The maximum atomic E-state index is 9.93. The van der Waals surface area contributed by atoms with Crippen LogP contribution in [0.25, 0.3) is 138 Å². The molecule has 21 rings (SSSR count). The van der Waals surface area contributed by atoms with Gasteiger partial charge in [-0.1, -0.05) is 283 Å². The summed E-state index contributed by atoms with van der Waals surface area (Å²) in [6.07, 6.45) is 0. The van der Waals surface area contributed by atoms with Gasteiger partial charge in [-0.15, -0.1) is 0 Å². The number of hydrogen-bond donors (Lipinski definition) is 0. The molecule has 4 aromatic heterocycles. The number of nitrogens with zero attached hydrogens (tertiary/aromatic N) is 5. The number of para-hydroxylation sites is 6. The lowest BCUT2D eigenvalue weighted by Crippen LogP contribution is -2.61. The van der Waals surface area contributed by atoms with Crippen LogP contribution in [-0.2, 0) is 21.7 Å². The van der Waals surface area contributed by atoms with Gasteiger partial charge in [0.15, 0.2) is 11.2 Å². The van der Waals surface area contributed by atoms with E-state index in [4.69, 9.17) is 9.90 Å². The average molecular weight is 1470 g/mol. The van der Waals surface area contributed by atoms with Crippen molar-refractivity contribution in [3.63, 3.8) is 0 Å². The number of hydrogen-bond acceptors (Lipinski definition) is 3. The first-order chi connectivity index (χ1) is 61.2. The van der Waals surface area contributed by atoms with E-state index in [0.717, 1.165) is 93.7 Å². The Morgan fingerprint density at radius 3 is 1.11 bits per heavy atom. The van der Waals surface area contributed by atoms with E-state index in [9.17, 15) is 16.4 Å². The van der Waals surface area contributed by atoms with Crippen molar-refractivity contribution < 1.29 is 26.3 Å². The number of rotatable bonds is 8. The molecule has 0 saturated carbocycles. The second-order valence-electron chi connectivity index (χ2n) is 34.6. The van der Waals surface area contributed by atoms with Crippen LogP contribution in [0.5, 0.6) is 0 Å². The van der Waals surface area contributed by atoms with Crippen LogP contribution >= 0.6 is 0 Å². The zero-order chi connectivity index (χ0) is 90.8. The Hall–Kier alpha value is -12.8. The van der Waals surface area contributed by atoms with Crippen LogP contribution in [0.2, 0.25) is 0 Å². The number of aromatic nitrogens is 3. The predicted octanol–water partition coefficient (Wildman–Crippen LogP) is 27.2. The van der Waals surface area contributed by atoms with Gasteiger partial charge in [0.25, 0.3) is 6.71 Å². The van der Waals surface area contributed by atoms with Crippen molar-refractivity contribution in [3.05, 3.63) is 337 Å². The van der Waals surface area contributed by atoms with E-state index < -0.39 is 103 Å². The first kappa shape index (κ1) is 53.1. The van der Waals surface area contributed by atoms with Gasteiger partial charge in [0.1, 0.15) is 0 Å². The van der Waals surface area contributed by atoms with Crippen LogP contribution in [0, 0.1) is 0 Å². The lowest BCUT2D eigenvalue weighted by molar-refractivity contribution is 0.569. The van der Waals surface area contributed by atoms with E-state index in [2.05, 4.69) is 237 Å². The molecule has 0 N–H and O–H groups in total. The quantitative estimate of drug-likeness (QED) is 0.142. The van der Waals surface area contributed by atoms with Crippen LogP contribution < -0.4 is 26.2 Å². The van der Waals surface area contributed by atoms with Crippen LogP contribution in [-0.4, -0.2) is 20.4 Å². The van der Waals surface area contributed by atoms with Gasteiger partial charge < -0.3 is 27.9 Å². The highest BCUT2D eigenvalue weighted by Gasteiger charge is 2.45. The molecule has 0 bridgehead atoms. The third-order valence-corrected chi connectivity index (χ3v) is 23.5. The monoisotopic (exact) mass is 1470 g/mol. The van der Waals surface area contributed by atoms with Crippen molar-refractivity contribution in [2.75, 3.05) is 9.80 Å². The summed E-state index contributed by atoms with van der Waals surface area (Å²) in [7, 11) is 0. The molecule has 0 fully saturated rings. The second-order valence-corrected chi connectivity index (χ2v) is 34.6. The van der Waals surface area contributed by atoms with Crippen molar-refractivity contribution in [2.24, 2.45) is 0 Å². The maximum absolute atomic E-state index is 9.93. The fraction of sp³-hybridized carbons (Fsp3) is 0.151. The number of fused-ring (bicyclic) bond motifs is 16. The first-order valence-electron chi connectivity index (χ1n) is 46.8. The summed E-state index contributed by atoms with van der Waals surface area (Å²) in [5.41, 5.74) is 19.0. The summed E-state index contributed by atoms with van der Waals surface area (Å²) in [4.78, 5) is 4.49. The largest absolute Gasteiger partial charge is 0.452 e. The van der Waals surface area contributed by atoms with Crippen LogP contribution in [0.1, 0.15) is 127 Å². The summed E-state index contributed by atoms with van der Waals surface area (Å²) in [5, 5.41) is 3.49. The molecule has 15 aromatic carbocycles. The Morgan fingerprint density at radius 1 is 0.257 bits per heavy atom. The van der Waals surface area contributed by atoms with E-state index in [0.29, 0.717) is 56.4 Å². The molecule has 0 saturated heterocycles. The summed E-state index contributed by atoms with van der Waals surface area (Å²) in [6.45, 7) is 25.9. The Bertz CT molecular complexity index is 7890. The first-order valence-corrected chi connectivity index (χ1v) is 38.8. The highest BCUT2D eigenvalue weighted by atomic mass is 16.3. The minimum atomic E-state index is -0.795. The number of benzene rings is 15. The van der Waals surface area contributed by atoms with Gasteiger partial charge in [0.2, 0.25) is 0 Å². The molecule has 0 unspecified atom stereocenters. The highest BCUT2D eigenvalue weighted by Crippen LogP contribution is 2.53. The van der Waals surface area contributed by atoms with E-state index >= 15 is 0 Å². The number of anilines is 6. The molecule has 0 spiro atoms. The van der Waals surface area contributed by atoms with Crippen molar-refractivity contribution in [2.45, 2.75) is 105 Å². The van der Waals surface area contributed by atoms with Crippen LogP contribution in [0.3, 0.4) is 0 Å². The Kier molecular flexibility index (Phi) is 11.7. The van der Waals surface area contributed by atoms with Crippen molar-refractivity contribution in [3.8, 4) is 50.4 Å². The minimum absolute atomic E-state index is 0.0570. The van der Waals surface area contributed by atoms with E-state index in [1.54, 1.807) is 9.13 Å². The highest BCUT2D eigenvalue weighted by molar-refractivity contribution is 7.00. The lowest BCUT2D eigenvalue weighted by atomic mass is 9.33. The molecule has 546 valence electrons. The molecule has 113 heavy (non-hydrogen) atoms. The molecule has 2 aliphatic rings. The molecule has 0 radical (unpaired) electrons. The molecular formula is C106H88BN5O. The number of furan rings is 1. The summed E-state index contributed by atoms with van der Waals surface area (Å²) < 4.78 is 165. The summed E-state index contributed by atoms with van der Waals surface area (Å²) in [6, 6.07) is 67.5. The maximum Gasteiger partial charge on any atom is 0.252 e. The normalized spacial score (nSPS) is 15.2. The van der Waals surface area contributed by atoms with Crippen LogP contribution in [0.4, 0.5) is 34.1 Å². The smallest absolute Gasteiger partial charge is 0.252 e. The van der Waals surface area contributed by atoms with E-state index in [1.165, 1.54) is 11.1 Å². The molecule has 19 aromatic rings. The predicted molar refractivity (Wildman–Crippen MR) is 482 cm³/mol. The molecule has 0 atom stereocenters. The van der Waals surface area contributed by atoms with Gasteiger partial charge in [-0.25, -0.2) is 0 Å². The van der Waals surface area contributed by atoms with Gasteiger partial charge in [0.05, 0.1) is 66.4 Å². The zero-order valence-electron chi connectivity index (χ0n) is 81.0. The standard InChI is InChI=1S/C106H88BN5O/c1-103(2,3)71-45-51-92-84(61-71)85-62-72(104(4,5)6)46-52-93(85)111(92)94-43-27-37-82-83-38-28-44-95(102(83)113-101(82)94)112-97-64-76(109-90-41-25-21-35-80(90)81-36-22-26-42-91(81)109)48-50-87(97)107-86-49-47-75(108-88-39-23-19-33-78(88)79-34-20-24-40-89(79)108)63-96(86)110(77-56-67(65-29-15-13-16-30-65)53-68(57-77)66-31-17-14-18-32-66)98-58-70(59-99(112)100(98)107)69-54-73(105(7,8)9)60-74(55-69)106(10,11)12/h13-64H,1-12H3/i19D,20D,21D,22D,23D,24D,25D,26D,33D,34D,35D,36D,39D,40D,41D,42D. The molecule has 2 aliphatic heterocycles. The third-order valence-electron chi connectivity index (χ3n) is 23.5. The van der Waals surface area contributed by atoms with Gasteiger partial charge in [-0.05, 0) is 209 Å². The molecular weight excluding hydrogens is 1370 g/mol. The van der Waals surface area contributed by atoms with Gasteiger partial charge in [-0.3, -0.25) is 0 Å². The zero-order valence-corrected chi connectivity index (χ0v) is 65.0. The van der Waals surface area contributed by atoms with Gasteiger partial charge in [-0.2, -0.15) is 0 Å². The van der Waals surface area contributed by atoms with Gasteiger partial charge in [0, 0.05) is 82.9 Å². The van der Waals surface area contributed by atoms with Crippen LogP contribution in [0.15, 0.2) is 319 Å². The summed E-state index contributed by atoms with van der Waals surface area (Å²) in [5.74, 6) is 0. The van der Waals surface area contributed by atoms with Crippen molar-refractivity contribution in [1.29, 1.82) is 0 Å². The Labute approximate surface area is 683 Å². The lowest BCUT2D eigenvalue weighted by Gasteiger charge is -2.45. The van der Waals surface area contributed by atoms with E-state index in [1.807, 2.05) is 78.9 Å². The molecule has 0 amide bonds. The Morgan fingerprint density at radius 2 is 0.655 bits per heavy atom. The fourth-order valence-corrected chi connectivity index (χ4v) is 17.7.